The Morgan fingerprint density at radius 3 is 2.57 bits per heavy atom. The molecule has 21 heavy (non-hydrogen) atoms. The molecule has 0 radical (unpaired) electrons. The van der Waals surface area contributed by atoms with Crippen molar-refractivity contribution in [1.29, 1.82) is 0 Å². The third-order valence-corrected chi connectivity index (χ3v) is 4.09. The van der Waals surface area contributed by atoms with Gasteiger partial charge >= 0.3 is 0 Å². The fourth-order valence-electron chi connectivity index (χ4n) is 3.03. The van der Waals surface area contributed by atoms with Gasteiger partial charge in [0.15, 0.2) is 5.82 Å². The summed E-state index contributed by atoms with van der Waals surface area (Å²) in [5, 5.41) is 0. The van der Waals surface area contributed by atoms with Crippen LogP contribution < -0.4 is 11.3 Å². The Hall–Kier alpha value is -2.01. The van der Waals surface area contributed by atoms with Gasteiger partial charge in [-0.15, -0.1) is 0 Å². The van der Waals surface area contributed by atoms with E-state index in [4.69, 9.17) is 10.8 Å². The van der Waals surface area contributed by atoms with Crippen molar-refractivity contribution in [2.24, 2.45) is 5.84 Å². The third-order valence-electron chi connectivity index (χ3n) is 4.09. The summed E-state index contributed by atoms with van der Waals surface area (Å²) < 4.78 is 0. The minimum absolute atomic E-state index is 0.518. The predicted molar refractivity (Wildman–Crippen MR) is 83.8 cm³/mol. The van der Waals surface area contributed by atoms with Gasteiger partial charge in [-0.3, -0.25) is 4.98 Å². The summed E-state index contributed by atoms with van der Waals surface area (Å²) in [4.78, 5) is 13.7. The molecule has 0 saturated heterocycles. The first kappa shape index (κ1) is 13.9. The van der Waals surface area contributed by atoms with Crippen LogP contribution in [0.25, 0.3) is 11.5 Å². The Labute approximate surface area is 125 Å². The molecule has 0 amide bonds. The van der Waals surface area contributed by atoms with E-state index in [1.54, 1.807) is 0 Å². The highest BCUT2D eigenvalue weighted by atomic mass is 15.3. The fourth-order valence-corrected chi connectivity index (χ4v) is 3.03. The summed E-state index contributed by atoms with van der Waals surface area (Å²) in [6, 6.07) is 4.06. The molecule has 5 nitrogen and oxygen atoms in total. The van der Waals surface area contributed by atoms with Crippen LogP contribution in [0.2, 0.25) is 0 Å². The molecule has 5 heteroatoms. The number of rotatable bonds is 3. The molecular formula is C16H21N5. The Balaban J connectivity index is 2.06. The maximum atomic E-state index is 5.57. The zero-order valence-corrected chi connectivity index (χ0v) is 12.6. The molecule has 0 atom stereocenters. The molecule has 0 spiro atoms. The third kappa shape index (κ3) is 2.88. The van der Waals surface area contributed by atoms with Gasteiger partial charge in [-0.25, -0.2) is 15.8 Å². The van der Waals surface area contributed by atoms with Gasteiger partial charge < -0.3 is 5.43 Å². The minimum atomic E-state index is 0.518. The molecule has 2 heterocycles. The first-order valence-electron chi connectivity index (χ1n) is 7.46. The number of nitrogens with zero attached hydrogens (tertiary/aromatic N) is 3. The van der Waals surface area contributed by atoms with Gasteiger partial charge in [-0.05, 0) is 37.8 Å². The smallest absolute Gasteiger partial charge is 0.180 e. The van der Waals surface area contributed by atoms with Gasteiger partial charge in [-0.2, -0.15) is 0 Å². The van der Waals surface area contributed by atoms with Crippen LogP contribution in [0.1, 0.15) is 48.4 Å². The summed E-state index contributed by atoms with van der Waals surface area (Å²) in [7, 11) is 0. The Morgan fingerprint density at radius 1 is 1.14 bits per heavy atom. The number of anilines is 1. The Bertz CT molecular complexity index is 647. The fraction of sp³-hybridized carbons (Fsp3) is 0.438. The van der Waals surface area contributed by atoms with Crippen molar-refractivity contribution in [3.8, 4) is 11.5 Å². The molecule has 3 N–H and O–H groups in total. The van der Waals surface area contributed by atoms with Gasteiger partial charge in [0.2, 0.25) is 0 Å². The highest BCUT2D eigenvalue weighted by molar-refractivity contribution is 5.57. The standard InChI is InChI=1S/C16H21N5/c1-10-7-11(2)15(18-9-10)16-19-13(8-14(20-16)21-17)12-5-3-4-6-12/h7-9,12H,3-6,17H2,1-2H3,(H,19,20,21). The molecule has 0 unspecified atom stereocenters. The average Bonchev–Trinajstić information content (AvgIpc) is 3.01. The number of aromatic nitrogens is 3. The lowest BCUT2D eigenvalue weighted by Gasteiger charge is -2.13. The van der Waals surface area contributed by atoms with Crippen LogP contribution in [0.15, 0.2) is 18.3 Å². The van der Waals surface area contributed by atoms with Crippen molar-refractivity contribution in [2.45, 2.75) is 45.4 Å². The molecule has 110 valence electrons. The van der Waals surface area contributed by atoms with Crippen LogP contribution in [0.3, 0.4) is 0 Å². The molecular weight excluding hydrogens is 262 g/mol. The lowest BCUT2D eigenvalue weighted by Crippen LogP contribution is -2.12. The average molecular weight is 283 g/mol. The Kier molecular flexibility index (Phi) is 3.84. The first-order valence-corrected chi connectivity index (χ1v) is 7.46. The lowest BCUT2D eigenvalue weighted by molar-refractivity contribution is 0.695. The van der Waals surface area contributed by atoms with E-state index in [2.05, 4.69) is 21.5 Å². The molecule has 1 aliphatic rings. The molecule has 2 aromatic heterocycles. The molecule has 1 fully saturated rings. The van der Waals surface area contributed by atoms with Crippen LogP contribution in [-0.4, -0.2) is 15.0 Å². The summed E-state index contributed by atoms with van der Waals surface area (Å²) in [5.74, 6) is 7.40. The van der Waals surface area contributed by atoms with Crippen molar-refractivity contribution in [2.75, 3.05) is 5.43 Å². The van der Waals surface area contributed by atoms with Crippen molar-refractivity contribution in [3.05, 3.63) is 35.2 Å². The lowest BCUT2D eigenvalue weighted by atomic mass is 10.0. The van der Waals surface area contributed by atoms with Crippen LogP contribution in [-0.2, 0) is 0 Å². The molecule has 0 aliphatic heterocycles. The van der Waals surface area contributed by atoms with Crippen molar-refractivity contribution in [3.63, 3.8) is 0 Å². The van der Waals surface area contributed by atoms with E-state index in [1.165, 1.54) is 25.7 Å². The van der Waals surface area contributed by atoms with E-state index in [-0.39, 0.29) is 0 Å². The number of nitrogens with two attached hydrogens (primary N) is 1. The van der Waals surface area contributed by atoms with Gasteiger partial charge in [0, 0.05) is 23.9 Å². The zero-order valence-electron chi connectivity index (χ0n) is 12.6. The van der Waals surface area contributed by atoms with Gasteiger partial charge in [0.25, 0.3) is 0 Å². The normalized spacial score (nSPS) is 15.4. The molecule has 0 bridgehead atoms. The second-order valence-electron chi connectivity index (χ2n) is 5.81. The quantitative estimate of drug-likeness (QED) is 0.668. The Morgan fingerprint density at radius 2 is 1.90 bits per heavy atom. The van der Waals surface area contributed by atoms with E-state index >= 15 is 0 Å². The molecule has 0 aromatic carbocycles. The van der Waals surface area contributed by atoms with Crippen molar-refractivity contribution in [1.82, 2.24) is 15.0 Å². The largest absolute Gasteiger partial charge is 0.308 e. The predicted octanol–water partition coefficient (Wildman–Crippen LogP) is 3.10. The van der Waals surface area contributed by atoms with Crippen molar-refractivity contribution < 1.29 is 0 Å². The summed E-state index contributed by atoms with van der Waals surface area (Å²) in [5.41, 5.74) is 6.78. The van der Waals surface area contributed by atoms with E-state index in [0.29, 0.717) is 17.6 Å². The van der Waals surface area contributed by atoms with Crippen LogP contribution >= 0.6 is 0 Å². The number of hydrazine groups is 1. The van der Waals surface area contributed by atoms with Gasteiger partial charge in [0.05, 0.1) is 0 Å². The number of nitrogens with one attached hydrogen (secondary N) is 1. The number of aryl methyl sites for hydroxylation is 2. The molecule has 1 aliphatic carbocycles. The van der Waals surface area contributed by atoms with E-state index in [9.17, 15) is 0 Å². The summed E-state index contributed by atoms with van der Waals surface area (Å²) in [6.45, 7) is 4.07. The second kappa shape index (κ2) is 5.77. The summed E-state index contributed by atoms with van der Waals surface area (Å²) in [6.07, 6.45) is 6.79. The maximum Gasteiger partial charge on any atom is 0.180 e. The van der Waals surface area contributed by atoms with Crippen LogP contribution in [0.5, 0.6) is 0 Å². The molecule has 2 aromatic rings. The highest BCUT2D eigenvalue weighted by Crippen LogP contribution is 2.34. The topological polar surface area (TPSA) is 76.7 Å². The van der Waals surface area contributed by atoms with Gasteiger partial charge in [0.1, 0.15) is 11.5 Å². The van der Waals surface area contributed by atoms with E-state index in [0.717, 1.165) is 22.5 Å². The summed E-state index contributed by atoms with van der Waals surface area (Å²) >= 11 is 0. The second-order valence-corrected chi connectivity index (χ2v) is 5.81. The number of nitrogen functional groups attached to an aromatic ring is 1. The number of pyridine rings is 1. The van der Waals surface area contributed by atoms with Crippen molar-refractivity contribution >= 4 is 5.82 Å². The van der Waals surface area contributed by atoms with E-state index in [1.807, 2.05) is 26.1 Å². The molecule has 1 saturated carbocycles. The van der Waals surface area contributed by atoms with Crippen LogP contribution in [0, 0.1) is 13.8 Å². The van der Waals surface area contributed by atoms with Crippen LogP contribution in [0.4, 0.5) is 5.82 Å². The first-order chi connectivity index (χ1) is 10.2. The highest BCUT2D eigenvalue weighted by Gasteiger charge is 2.21. The van der Waals surface area contributed by atoms with Gasteiger partial charge in [-0.1, -0.05) is 18.9 Å². The SMILES string of the molecule is Cc1cnc(-c2nc(NN)cc(C3CCCC3)n2)c(C)c1. The van der Waals surface area contributed by atoms with E-state index < -0.39 is 0 Å². The minimum Gasteiger partial charge on any atom is -0.308 e. The molecule has 3 rings (SSSR count). The number of hydrogen-bond acceptors (Lipinski definition) is 5. The monoisotopic (exact) mass is 283 g/mol. The number of hydrogen-bond donors (Lipinski definition) is 2. The zero-order chi connectivity index (χ0) is 14.8. The maximum absolute atomic E-state index is 5.57.